The summed E-state index contributed by atoms with van der Waals surface area (Å²) >= 11 is 3.52. The molecule has 0 fully saturated rings. The molecule has 0 radical (unpaired) electrons. The highest BCUT2D eigenvalue weighted by atomic mass is 79.9. The van der Waals surface area contributed by atoms with Crippen LogP contribution in [-0.4, -0.2) is 12.6 Å². The van der Waals surface area contributed by atoms with Crippen LogP contribution in [0.4, 0.5) is 5.69 Å². The van der Waals surface area contributed by atoms with Crippen LogP contribution < -0.4 is 11.1 Å². The van der Waals surface area contributed by atoms with Crippen LogP contribution in [0.1, 0.15) is 25.3 Å². The number of aryl methyl sites for hydroxylation is 1. The van der Waals surface area contributed by atoms with E-state index in [0.29, 0.717) is 6.04 Å². The first-order chi connectivity index (χ1) is 7.09. The van der Waals surface area contributed by atoms with Gasteiger partial charge in [-0.3, -0.25) is 0 Å². The topological polar surface area (TPSA) is 38.0 Å². The molecule has 84 valence electrons. The molecule has 0 aliphatic carbocycles. The fourth-order valence-electron chi connectivity index (χ4n) is 1.36. The third-order valence-corrected chi connectivity index (χ3v) is 3.19. The minimum Gasteiger partial charge on any atom is -0.385 e. The van der Waals surface area contributed by atoms with Crippen molar-refractivity contribution in [3.8, 4) is 0 Å². The molecule has 1 atom stereocenters. The average Bonchev–Trinajstić information content (AvgIpc) is 2.18. The minimum atomic E-state index is 0.302. The second-order valence-corrected chi connectivity index (χ2v) is 4.86. The van der Waals surface area contributed by atoms with E-state index in [1.807, 2.05) is 6.92 Å². The van der Waals surface area contributed by atoms with Crippen molar-refractivity contribution in [1.82, 2.24) is 0 Å². The summed E-state index contributed by atoms with van der Waals surface area (Å²) in [5.74, 6) is 0. The van der Waals surface area contributed by atoms with Gasteiger partial charge >= 0.3 is 0 Å². The maximum Gasteiger partial charge on any atom is 0.0351 e. The van der Waals surface area contributed by atoms with E-state index < -0.39 is 0 Å². The second kappa shape index (κ2) is 6.13. The Kier molecular flexibility index (Phi) is 5.12. The van der Waals surface area contributed by atoms with E-state index in [4.69, 9.17) is 5.73 Å². The van der Waals surface area contributed by atoms with E-state index >= 15 is 0 Å². The van der Waals surface area contributed by atoms with Crippen LogP contribution in [0.5, 0.6) is 0 Å². The normalized spacial score (nSPS) is 12.5. The molecule has 1 aromatic rings. The summed E-state index contributed by atoms with van der Waals surface area (Å²) in [4.78, 5) is 0. The van der Waals surface area contributed by atoms with Gasteiger partial charge < -0.3 is 11.1 Å². The number of rotatable bonds is 5. The van der Waals surface area contributed by atoms with Gasteiger partial charge in [0.1, 0.15) is 0 Å². The van der Waals surface area contributed by atoms with Crippen molar-refractivity contribution in [2.45, 2.75) is 32.7 Å². The molecule has 0 heterocycles. The molecular weight excluding hydrogens is 252 g/mol. The summed E-state index contributed by atoms with van der Waals surface area (Å²) in [6, 6.07) is 6.63. The Morgan fingerprint density at radius 3 is 2.80 bits per heavy atom. The fraction of sp³-hybridized carbons (Fsp3) is 0.500. The van der Waals surface area contributed by atoms with Crippen molar-refractivity contribution in [3.05, 3.63) is 28.2 Å². The Hall–Kier alpha value is -0.540. The molecule has 0 spiro atoms. The lowest BCUT2D eigenvalue weighted by atomic mass is 10.2. The first-order valence-electron chi connectivity index (χ1n) is 5.35. The fourth-order valence-corrected chi connectivity index (χ4v) is 1.74. The van der Waals surface area contributed by atoms with Crippen molar-refractivity contribution >= 4 is 21.6 Å². The molecule has 0 bridgehead atoms. The molecule has 0 saturated heterocycles. The number of benzene rings is 1. The Morgan fingerprint density at radius 2 is 2.20 bits per heavy atom. The lowest BCUT2D eigenvalue weighted by Crippen LogP contribution is -2.16. The summed E-state index contributed by atoms with van der Waals surface area (Å²) in [5, 5.41) is 3.38. The van der Waals surface area contributed by atoms with E-state index in [2.05, 4.69) is 46.4 Å². The van der Waals surface area contributed by atoms with Gasteiger partial charge in [0.05, 0.1) is 0 Å². The van der Waals surface area contributed by atoms with E-state index in [-0.39, 0.29) is 0 Å². The van der Waals surface area contributed by atoms with Gasteiger partial charge in [-0.05, 0) is 44.4 Å². The maximum atomic E-state index is 5.68. The molecule has 1 rings (SSSR count). The highest BCUT2D eigenvalue weighted by molar-refractivity contribution is 9.10. The summed E-state index contributed by atoms with van der Waals surface area (Å²) in [6.45, 7) is 5.11. The SMILES string of the molecule is Cc1ccc(NCCCC(C)N)cc1Br. The van der Waals surface area contributed by atoms with Gasteiger partial charge in [-0.25, -0.2) is 0 Å². The van der Waals surface area contributed by atoms with Crippen LogP contribution >= 0.6 is 15.9 Å². The van der Waals surface area contributed by atoms with Crippen molar-refractivity contribution in [1.29, 1.82) is 0 Å². The molecule has 3 N–H and O–H groups in total. The van der Waals surface area contributed by atoms with Crippen LogP contribution in [0.2, 0.25) is 0 Å². The molecule has 1 unspecified atom stereocenters. The average molecular weight is 271 g/mol. The van der Waals surface area contributed by atoms with Crippen molar-refractivity contribution in [3.63, 3.8) is 0 Å². The van der Waals surface area contributed by atoms with Crippen LogP contribution in [0.3, 0.4) is 0 Å². The molecule has 0 aromatic heterocycles. The molecular formula is C12H19BrN2. The molecule has 15 heavy (non-hydrogen) atoms. The standard InChI is InChI=1S/C12H19BrN2/c1-9-5-6-11(8-12(9)13)15-7-3-4-10(2)14/h5-6,8,10,15H,3-4,7,14H2,1-2H3. The second-order valence-electron chi connectivity index (χ2n) is 4.01. The number of halogens is 1. The van der Waals surface area contributed by atoms with Crippen LogP contribution in [-0.2, 0) is 0 Å². The summed E-state index contributed by atoms with van der Waals surface area (Å²) in [5.41, 5.74) is 8.10. The third kappa shape index (κ3) is 4.67. The smallest absolute Gasteiger partial charge is 0.0351 e. The van der Waals surface area contributed by atoms with Crippen molar-refractivity contribution < 1.29 is 0 Å². The van der Waals surface area contributed by atoms with Gasteiger partial charge in [-0.15, -0.1) is 0 Å². The molecule has 3 heteroatoms. The number of hydrogen-bond acceptors (Lipinski definition) is 2. The monoisotopic (exact) mass is 270 g/mol. The Bertz CT molecular complexity index is 310. The van der Waals surface area contributed by atoms with Crippen LogP contribution in [0, 0.1) is 6.92 Å². The highest BCUT2D eigenvalue weighted by Gasteiger charge is 1.97. The first kappa shape index (κ1) is 12.5. The van der Waals surface area contributed by atoms with E-state index in [0.717, 1.165) is 29.5 Å². The van der Waals surface area contributed by atoms with Gasteiger partial charge in [0.15, 0.2) is 0 Å². The van der Waals surface area contributed by atoms with Gasteiger partial charge in [0, 0.05) is 22.7 Å². The Morgan fingerprint density at radius 1 is 1.47 bits per heavy atom. The number of nitrogens with two attached hydrogens (primary N) is 1. The zero-order chi connectivity index (χ0) is 11.3. The lowest BCUT2D eigenvalue weighted by molar-refractivity contribution is 0.639. The zero-order valence-electron chi connectivity index (χ0n) is 9.39. The number of nitrogens with one attached hydrogen (secondary N) is 1. The Balaban J connectivity index is 2.35. The maximum absolute atomic E-state index is 5.68. The summed E-state index contributed by atoms with van der Waals surface area (Å²) < 4.78 is 1.15. The van der Waals surface area contributed by atoms with Crippen molar-refractivity contribution in [2.75, 3.05) is 11.9 Å². The lowest BCUT2D eigenvalue weighted by Gasteiger charge is -2.09. The summed E-state index contributed by atoms with van der Waals surface area (Å²) in [7, 11) is 0. The Labute approximate surface area is 100 Å². The molecule has 0 amide bonds. The van der Waals surface area contributed by atoms with Gasteiger partial charge in [0.2, 0.25) is 0 Å². The quantitative estimate of drug-likeness (QED) is 0.806. The summed E-state index contributed by atoms with van der Waals surface area (Å²) in [6.07, 6.45) is 2.18. The molecule has 1 aromatic carbocycles. The van der Waals surface area contributed by atoms with E-state index in [9.17, 15) is 0 Å². The van der Waals surface area contributed by atoms with Gasteiger partial charge in [-0.2, -0.15) is 0 Å². The largest absolute Gasteiger partial charge is 0.385 e. The zero-order valence-corrected chi connectivity index (χ0v) is 11.0. The van der Waals surface area contributed by atoms with Gasteiger partial charge in [-0.1, -0.05) is 22.0 Å². The number of anilines is 1. The predicted molar refractivity (Wildman–Crippen MR) is 70.3 cm³/mol. The molecule has 0 aliphatic rings. The first-order valence-corrected chi connectivity index (χ1v) is 6.14. The van der Waals surface area contributed by atoms with E-state index in [1.165, 1.54) is 5.56 Å². The third-order valence-electron chi connectivity index (χ3n) is 2.34. The molecule has 0 aliphatic heterocycles. The van der Waals surface area contributed by atoms with E-state index in [1.54, 1.807) is 0 Å². The van der Waals surface area contributed by atoms with Crippen molar-refractivity contribution in [2.24, 2.45) is 5.73 Å². The van der Waals surface area contributed by atoms with Gasteiger partial charge in [0.25, 0.3) is 0 Å². The minimum absolute atomic E-state index is 0.302. The molecule has 0 saturated carbocycles. The molecule has 2 nitrogen and oxygen atoms in total. The van der Waals surface area contributed by atoms with Crippen LogP contribution in [0.15, 0.2) is 22.7 Å². The van der Waals surface area contributed by atoms with Crippen LogP contribution in [0.25, 0.3) is 0 Å². The number of hydrogen-bond donors (Lipinski definition) is 2. The predicted octanol–water partition coefficient (Wildman–Crippen LogP) is 3.30. The highest BCUT2D eigenvalue weighted by Crippen LogP contribution is 2.20.